The SMILES string of the molecule is CC(C(=O)c1ccc(C2CCCCC2)cc1)S1(C)CCC(O)CC1. The molecule has 1 aromatic carbocycles. The number of ketones is 1. The van der Waals surface area contributed by atoms with Gasteiger partial charge in [-0.15, -0.1) is 0 Å². The van der Waals surface area contributed by atoms with Crippen LogP contribution in [0.2, 0.25) is 0 Å². The van der Waals surface area contributed by atoms with Gasteiger partial charge in [0.2, 0.25) is 0 Å². The summed E-state index contributed by atoms with van der Waals surface area (Å²) in [6, 6.07) is 8.50. The molecule has 2 nitrogen and oxygen atoms in total. The standard InChI is InChI=1S/C21H32O2S/c1-16(24(2)14-12-20(22)13-15-24)21(23)19-10-8-18(9-11-19)17-6-4-3-5-7-17/h8-11,16-17,20,22H,3-7,12-15H2,1-2H3. The molecule has 2 aliphatic rings. The Labute approximate surface area is 148 Å². The first-order valence-corrected chi connectivity index (χ1v) is 12.0. The van der Waals surface area contributed by atoms with Gasteiger partial charge in [0.25, 0.3) is 0 Å². The van der Waals surface area contributed by atoms with Crippen LogP contribution in [0.1, 0.15) is 73.7 Å². The van der Waals surface area contributed by atoms with Crippen LogP contribution in [0, 0.1) is 0 Å². The number of benzene rings is 1. The van der Waals surface area contributed by atoms with E-state index in [1.807, 2.05) is 0 Å². The highest BCUT2D eigenvalue weighted by Crippen LogP contribution is 2.53. The lowest BCUT2D eigenvalue weighted by Crippen LogP contribution is -2.34. The number of rotatable bonds is 4. The van der Waals surface area contributed by atoms with Gasteiger partial charge in [0, 0.05) is 10.8 Å². The van der Waals surface area contributed by atoms with Gasteiger partial charge in [-0.2, -0.15) is 0 Å². The molecule has 0 bridgehead atoms. The summed E-state index contributed by atoms with van der Waals surface area (Å²) >= 11 is 0. The first-order valence-electron chi connectivity index (χ1n) is 9.54. The van der Waals surface area contributed by atoms with Gasteiger partial charge in [-0.3, -0.25) is 4.79 Å². The summed E-state index contributed by atoms with van der Waals surface area (Å²) in [5.74, 6) is 3.06. The molecular weight excluding hydrogens is 316 g/mol. The van der Waals surface area contributed by atoms with Crippen LogP contribution in [-0.2, 0) is 0 Å². The Morgan fingerprint density at radius 2 is 1.62 bits per heavy atom. The summed E-state index contributed by atoms with van der Waals surface area (Å²) in [5, 5.41) is 9.86. The zero-order valence-electron chi connectivity index (χ0n) is 15.2. The number of hydrogen-bond acceptors (Lipinski definition) is 2. The predicted octanol–water partition coefficient (Wildman–Crippen LogP) is 4.89. The van der Waals surface area contributed by atoms with E-state index in [4.69, 9.17) is 0 Å². The average molecular weight is 349 g/mol. The molecule has 24 heavy (non-hydrogen) atoms. The van der Waals surface area contributed by atoms with Gasteiger partial charge >= 0.3 is 0 Å². The van der Waals surface area contributed by atoms with Crippen LogP contribution in [0.15, 0.2) is 24.3 Å². The van der Waals surface area contributed by atoms with Gasteiger partial charge in [0.05, 0.1) is 6.10 Å². The van der Waals surface area contributed by atoms with Gasteiger partial charge in [0.15, 0.2) is 5.78 Å². The van der Waals surface area contributed by atoms with Crippen LogP contribution in [0.3, 0.4) is 0 Å². The largest absolute Gasteiger partial charge is 0.393 e. The van der Waals surface area contributed by atoms with E-state index < -0.39 is 10.0 Å². The number of aliphatic hydroxyl groups excluding tert-OH is 1. The monoisotopic (exact) mass is 348 g/mol. The molecule has 1 N–H and O–H groups in total. The third-order valence-corrected chi connectivity index (χ3v) is 10.6. The zero-order valence-corrected chi connectivity index (χ0v) is 16.0. The third-order valence-electron chi connectivity index (χ3n) is 6.33. The van der Waals surface area contributed by atoms with Gasteiger partial charge in [-0.1, -0.05) is 43.5 Å². The lowest BCUT2D eigenvalue weighted by Gasteiger charge is -2.45. The normalized spacial score (nSPS) is 32.7. The Bertz CT molecular complexity index is 552. The van der Waals surface area contributed by atoms with E-state index in [2.05, 4.69) is 37.4 Å². The quantitative estimate of drug-likeness (QED) is 0.786. The Morgan fingerprint density at radius 1 is 1.04 bits per heavy atom. The van der Waals surface area contributed by atoms with Crippen molar-refractivity contribution in [3.8, 4) is 0 Å². The topological polar surface area (TPSA) is 37.3 Å². The molecule has 2 fully saturated rings. The molecule has 1 saturated heterocycles. The number of hydrogen-bond donors (Lipinski definition) is 1. The van der Waals surface area contributed by atoms with Crippen LogP contribution in [-0.4, -0.2) is 40.0 Å². The first-order chi connectivity index (χ1) is 11.5. The summed E-state index contributed by atoms with van der Waals surface area (Å²) in [4.78, 5) is 13.0. The number of Topliss-reactive ketones (excluding diaryl/α,β-unsaturated/α-hetero) is 1. The second-order valence-corrected chi connectivity index (χ2v) is 12.2. The summed E-state index contributed by atoms with van der Waals surface area (Å²) in [6.45, 7) is 2.12. The highest BCUT2D eigenvalue weighted by molar-refractivity contribution is 8.34. The molecule has 1 heterocycles. The molecule has 1 atom stereocenters. The Hall–Kier alpha value is -0.800. The second-order valence-electron chi connectivity index (χ2n) is 7.95. The average Bonchev–Trinajstić information content (AvgIpc) is 2.64. The zero-order chi connectivity index (χ0) is 17.2. The van der Waals surface area contributed by atoms with E-state index in [-0.39, 0.29) is 11.4 Å². The summed E-state index contributed by atoms with van der Waals surface area (Å²) in [6.07, 6.45) is 10.5. The van der Waals surface area contributed by atoms with Gasteiger partial charge < -0.3 is 5.11 Å². The highest BCUT2D eigenvalue weighted by Gasteiger charge is 2.34. The van der Waals surface area contributed by atoms with E-state index in [1.165, 1.54) is 37.7 Å². The van der Waals surface area contributed by atoms with Crippen molar-refractivity contribution in [3.63, 3.8) is 0 Å². The maximum atomic E-state index is 13.0. The summed E-state index contributed by atoms with van der Waals surface area (Å²) in [5.41, 5.74) is 2.29. The third kappa shape index (κ3) is 3.88. The smallest absolute Gasteiger partial charge is 0.174 e. The van der Waals surface area contributed by atoms with Crippen molar-refractivity contribution in [2.75, 3.05) is 17.8 Å². The fraction of sp³-hybridized carbons (Fsp3) is 0.667. The molecule has 0 radical (unpaired) electrons. The summed E-state index contributed by atoms with van der Waals surface area (Å²) < 4.78 is 0. The Morgan fingerprint density at radius 3 is 2.21 bits per heavy atom. The van der Waals surface area contributed by atoms with Crippen molar-refractivity contribution < 1.29 is 9.90 Å². The van der Waals surface area contributed by atoms with E-state index in [9.17, 15) is 9.90 Å². The first kappa shape index (κ1) is 18.0. The number of carbonyl (C=O) groups excluding carboxylic acids is 1. The second kappa shape index (κ2) is 7.61. The van der Waals surface area contributed by atoms with E-state index in [0.29, 0.717) is 11.7 Å². The molecular formula is C21H32O2S. The lowest BCUT2D eigenvalue weighted by atomic mass is 9.84. The Kier molecular flexibility index (Phi) is 5.71. The van der Waals surface area contributed by atoms with Gasteiger partial charge in [0.1, 0.15) is 0 Å². The van der Waals surface area contributed by atoms with Crippen molar-refractivity contribution in [3.05, 3.63) is 35.4 Å². The maximum Gasteiger partial charge on any atom is 0.174 e. The molecule has 1 saturated carbocycles. The number of aliphatic hydroxyl groups is 1. The highest BCUT2D eigenvalue weighted by atomic mass is 32.3. The number of carbonyl (C=O) groups is 1. The van der Waals surface area contributed by atoms with Crippen LogP contribution in [0.4, 0.5) is 0 Å². The van der Waals surface area contributed by atoms with Crippen LogP contribution in [0.5, 0.6) is 0 Å². The molecule has 134 valence electrons. The van der Waals surface area contributed by atoms with Crippen molar-refractivity contribution in [1.29, 1.82) is 0 Å². The molecule has 1 aliphatic carbocycles. The van der Waals surface area contributed by atoms with E-state index >= 15 is 0 Å². The van der Waals surface area contributed by atoms with Crippen LogP contribution < -0.4 is 0 Å². The molecule has 3 rings (SSSR count). The molecule has 0 spiro atoms. The molecule has 0 amide bonds. The molecule has 1 aromatic rings. The molecule has 3 heteroatoms. The van der Waals surface area contributed by atoms with Crippen molar-refractivity contribution in [2.24, 2.45) is 0 Å². The van der Waals surface area contributed by atoms with Crippen LogP contribution >= 0.6 is 10.0 Å². The van der Waals surface area contributed by atoms with Crippen molar-refractivity contribution in [1.82, 2.24) is 0 Å². The summed E-state index contributed by atoms with van der Waals surface area (Å²) in [7, 11) is -0.939. The molecule has 1 unspecified atom stereocenters. The van der Waals surface area contributed by atoms with Gasteiger partial charge in [-0.25, -0.2) is 10.0 Å². The minimum atomic E-state index is -0.939. The molecule has 1 aliphatic heterocycles. The lowest BCUT2D eigenvalue weighted by molar-refractivity contribution is 0.0991. The van der Waals surface area contributed by atoms with E-state index in [0.717, 1.165) is 29.9 Å². The van der Waals surface area contributed by atoms with Gasteiger partial charge in [-0.05, 0) is 61.8 Å². The van der Waals surface area contributed by atoms with Crippen molar-refractivity contribution in [2.45, 2.75) is 69.1 Å². The minimum Gasteiger partial charge on any atom is -0.393 e. The fourth-order valence-electron chi connectivity index (χ4n) is 4.26. The minimum absolute atomic E-state index is 0.102. The maximum absolute atomic E-state index is 13.0. The van der Waals surface area contributed by atoms with Crippen LogP contribution in [0.25, 0.3) is 0 Å². The molecule has 0 aromatic heterocycles. The Balaban J connectivity index is 1.68. The predicted molar refractivity (Wildman–Crippen MR) is 105 cm³/mol. The van der Waals surface area contributed by atoms with E-state index in [1.54, 1.807) is 0 Å². The van der Waals surface area contributed by atoms with Crippen molar-refractivity contribution >= 4 is 15.8 Å². The fourth-order valence-corrected chi connectivity index (χ4v) is 7.44.